The average molecular weight is 705 g/mol. The lowest BCUT2D eigenvalue weighted by Crippen LogP contribution is -2.38. The molecule has 248 valence electrons. The standard InChI is InChI=1S/C36H34Cl2F3N3O2.ClH/c1-4-43(5-2)22-23-7-9-26(10-8-23)35(45)44-33(25-13-18-29(38)19-14-25)32(24-11-16-28(37)17-12-24)42-34(44)30-21-27(36(39,40)41)15-20-31(30)46-6-3;/h7-21,32-33H,4-6,22H2,1-3H3;1H. The van der Waals surface area contributed by atoms with Crippen LogP contribution in [0.15, 0.2) is 96.0 Å². The zero-order chi connectivity index (χ0) is 33.0. The Balaban J connectivity index is 0.00000500. The summed E-state index contributed by atoms with van der Waals surface area (Å²) >= 11 is 12.5. The Bertz CT molecular complexity index is 1690. The number of halogens is 6. The van der Waals surface area contributed by atoms with E-state index in [0.29, 0.717) is 21.2 Å². The summed E-state index contributed by atoms with van der Waals surface area (Å²) in [5.74, 6) is -0.149. The van der Waals surface area contributed by atoms with Gasteiger partial charge in [-0.3, -0.25) is 19.6 Å². The highest BCUT2D eigenvalue weighted by atomic mass is 35.5. The molecule has 11 heteroatoms. The zero-order valence-electron chi connectivity index (χ0n) is 26.1. The van der Waals surface area contributed by atoms with E-state index in [0.717, 1.165) is 42.9 Å². The number of alkyl halides is 3. The molecule has 0 spiro atoms. The molecule has 1 aliphatic heterocycles. The van der Waals surface area contributed by atoms with Gasteiger partial charge in [0.2, 0.25) is 0 Å². The van der Waals surface area contributed by atoms with E-state index in [-0.39, 0.29) is 36.2 Å². The second-order valence-electron chi connectivity index (χ2n) is 10.9. The fraction of sp³-hybridized carbons (Fsp3) is 0.278. The van der Waals surface area contributed by atoms with Gasteiger partial charge in [-0.1, -0.05) is 73.4 Å². The second kappa shape index (κ2) is 15.6. The van der Waals surface area contributed by atoms with E-state index in [4.69, 9.17) is 32.9 Å². The van der Waals surface area contributed by atoms with Crippen LogP contribution in [0.1, 0.15) is 71.0 Å². The third-order valence-electron chi connectivity index (χ3n) is 8.06. The van der Waals surface area contributed by atoms with Crippen molar-refractivity contribution >= 4 is 47.4 Å². The second-order valence-corrected chi connectivity index (χ2v) is 11.8. The minimum Gasteiger partial charge on any atom is -0.493 e. The maximum Gasteiger partial charge on any atom is 0.416 e. The van der Waals surface area contributed by atoms with Gasteiger partial charge in [-0.05, 0) is 91.3 Å². The Morgan fingerprint density at radius 1 is 0.851 bits per heavy atom. The molecule has 1 aliphatic rings. The topological polar surface area (TPSA) is 45.1 Å². The van der Waals surface area contributed by atoms with Crippen molar-refractivity contribution in [2.75, 3.05) is 19.7 Å². The molecule has 0 aromatic heterocycles. The van der Waals surface area contributed by atoms with Crippen molar-refractivity contribution in [2.45, 2.75) is 45.6 Å². The summed E-state index contributed by atoms with van der Waals surface area (Å²) < 4.78 is 47.9. The lowest BCUT2D eigenvalue weighted by atomic mass is 9.93. The van der Waals surface area contributed by atoms with E-state index in [1.54, 1.807) is 55.5 Å². The van der Waals surface area contributed by atoms with E-state index >= 15 is 0 Å². The van der Waals surface area contributed by atoms with Crippen LogP contribution in [-0.4, -0.2) is 41.2 Å². The molecule has 4 aromatic rings. The molecule has 0 saturated heterocycles. The van der Waals surface area contributed by atoms with Crippen LogP contribution >= 0.6 is 35.6 Å². The molecule has 5 nitrogen and oxygen atoms in total. The van der Waals surface area contributed by atoms with Crippen molar-refractivity contribution in [3.05, 3.63) is 134 Å². The fourth-order valence-corrected chi connectivity index (χ4v) is 5.88. The van der Waals surface area contributed by atoms with Gasteiger partial charge in [-0.25, -0.2) is 0 Å². The predicted octanol–water partition coefficient (Wildman–Crippen LogP) is 10.1. The van der Waals surface area contributed by atoms with Crippen LogP contribution in [0.3, 0.4) is 0 Å². The first-order chi connectivity index (χ1) is 22.0. The number of hydrogen-bond acceptors (Lipinski definition) is 4. The lowest BCUT2D eigenvalue weighted by molar-refractivity contribution is -0.137. The summed E-state index contributed by atoms with van der Waals surface area (Å²) in [7, 11) is 0. The van der Waals surface area contributed by atoms with E-state index in [2.05, 4.69) is 18.7 Å². The molecule has 2 unspecified atom stereocenters. The molecule has 0 N–H and O–H groups in total. The van der Waals surface area contributed by atoms with Crippen LogP contribution in [0, 0.1) is 0 Å². The lowest BCUT2D eigenvalue weighted by Gasteiger charge is -2.30. The Labute approximate surface area is 289 Å². The van der Waals surface area contributed by atoms with Crippen molar-refractivity contribution in [3.63, 3.8) is 0 Å². The first kappa shape index (κ1) is 36.3. The number of hydrogen-bond donors (Lipinski definition) is 0. The van der Waals surface area contributed by atoms with Crippen LogP contribution in [0.2, 0.25) is 10.0 Å². The first-order valence-corrected chi connectivity index (χ1v) is 15.9. The SMILES string of the molecule is CCOc1ccc(C(F)(F)F)cc1C1=NC(c2ccc(Cl)cc2)C(c2ccc(Cl)cc2)N1C(=O)c1ccc(CN(CC)CC)cc1.Cl. The molecule has 0 radical (unpaired) electrons. The Kier molecular flexibility index (Phi) is 12.0. The van der Waals surface area contributed by atoms with Gasteiger partial charge in [0.1, 0.15) is 17.6 Å². The molecule has 1 heterocycles. The van der Waals surface area contributed by atoms with E-state index in [1.165, 1.54) is 11.0 Å². The predicted molar refractivity (Wildman–Crippen MR) is 184 cm³/mol. The highest BCUT2D eigenvalue weighted by molar-refractivity contribution is 6.30. The largest absolute Gasteiger partial charge is 0.493 e. The van der Waals surface area contributed by atoms with Crippen molar-refractivity contribution < 1.29 is 22.7 Å². The number of rotatable bonds is 10. The highest BCUT2D eigenvalue weighted by Crippen LogP contribution is 2.46. The van der Waals surface area contributed by atoms with Gasteiger partial charge in [-0.2, -0.15) is 13.2 Å². The van der Waals surface area contributed by atoms with Crippen molar-refractivity contribution in [1.29, 1.82) is 0 Å². The minimum atomic E-state index is -4.63. The number of carbonyl (C=O) groups is 1. The molecule has 0 saturated carbocycles. The van der Waals surface area contributed by atoms with Gasteiger partial charge in [0.15, 0.2) is 0 Å². The molecule has 0 aliphatic carbocycles. The summed E-state index contributed by atoms with van der Waals surface area (Å²) in [4.78, 5) is 23.4. The summed E-state index contributed by atoms with van der Waals surface area (Å²) in [6.07, 6.45) is -4.63. The fourth-order valence-electron chi connectivity index (χ4n) is 5.63. The molecule has 0 bridgehead atoms. The molecule has 5 rings (SSSR count). The zero-order valence-corrected chi connectivity index (χ0v) is 28.4. The molecule has 47 heavy (non-hydrogen) atoms. The summed E-state index contributed by atoms with van der Waals surface area (Å²) in [6, 6.07) is 23.3. The molecular formula is C36H35Cl3F3N3O2. The number of amides is 1. The van der Waals surface area contributed by atoms with Gasteiger partial charge in [-0.15, -0.1) is 12.4 Å². The van der Waals surface area contributed by atoms with Crippen LogP contribution < -0.4 is 4.74 Å². The summed E-state index contributed by atoms with van der Waals surface area (Å²) in [5, 5.41) is 1.02. The summed E-state index contributed by atoms with van der Waals surface area (Å²) in [5.41, 5.74) is 2.05. The smallest absolute Gasteiger partial charge is 0.416 e. The third-order valence-corrected chi connectivity index (χ3v) is 8.56. The number of carbonyl (C=O) groups excluding carboxylic acids is 1. The highest BCUT2D eigenvalue weighted by Gasteiger charge is 2.44. The van der Waals surface area contributed by atoms with Crippen LogP contribution in [0.4, 0.5) is 13.2 Å². The quantitative estimate of drug-likeness (QED) is 0.165. The van der Waals surface area contributed by atoms with Crippen molar-refractivity contribution in [3.8, 4) is 5.75 Å². The van der Waals surface area contributed by atoms with E-state index in [1.807, 2.05) is 24.3 Å². The van der Waals surface area contributed by atoms with Gasteiger partial charge in [0.05, 0.1) is 23.8 Å². The number of aliphatic imine (C=N–C) groups is 1. The molecular weight excluding hydrogens is 670 g/mol. The number of amidine groups is 1. The van der Waals surface area contributed by atoms with Gasteiger partial charge < -0.3 is 4.74 Å². The van der Waals surface area contributed by atoms with Crippen molar-refractivity contribution in [2.24, 2.45) is 4.99 Å². The normalized spacial score (nSPS) is 16.2. The molecule has 0 fully saturated rings. The van der Waals surface area contributed by atoms with Crippen LogP contribution in [0.25, 0.3) is 0 Å². The number of ether oxygens (including phenoxy) is 1. The van der Waals surface area contributed by atoms with Gasteiger partial charge in [0, 0.05) is 22.2 Å². The number of nitrogens with zero attached hydrogens (tertiary/aromatic N) is 3. The summed E-state index contributed by atoms with van der Waals surface area (Å²) in [6.45, 7) is 8.63. The van der Waals surface area contributed by atoms with Crippen LogP contribution in [-0.2, 0) is 12.7 Å². The van der Waals surface area contributed by atoms with E-state index < -0.39 is 29.7 Å². The Morgan fingerprint density at radius 2 is 1.43 bits per heavy atom. The Hall–Kier alpha value is -3.56. The monoisotopic (exact) mass is 703 g/mol. The van der Waals surface area contributed by atoms with Gasteiger partial charge in [0.25, 0.3) is 5.91 Å². The Morgan fingerprint density at radius 3 is 1.96 bits per heavy atom. The maximum absolute atomic E-state index is 14.6. The third kappa shape index (κ3) is 8.12. The maximum atomic E-state index is 14.6. The number of benzene rings is 4. The van der Waals surface area contributed by atoms with Crippen LogP contribution in [0.5, 0.6) is 5.75 Å². The van der Waals surface area contributed by atoms with E-state index in [9.17, 15) is 18.0 Å². The minimum absolute atomic E-state index is 0. The molecule has 4 aromatic carbocycles. The van der Waals surface area contributed by atoms with Gasteiger partial charge >= 0.3 is 6.18 Å². The average Bonchev–Trinajstić information content (AvgIpc) is 3.44. The van der Waals surface area contributed by atoms with Crippen molar-refractivity contribution in [1.82, 2.24) is 9.80 Å². The first-order valence-electron chi connectivity index (χ1n) is 15.1. The molecule has 2 atom stereocenters. The molecule has 1 amide bonds.